The third-order valence-corrected chi connectivity index (χ3v) is 2.08. The molecule has 1 aromatic carbocycles. The molecule has 0 aliphatic carbocycles. The Morgan fingerprint density at radius 2 is 2.00 bits per heavy atom. The van der Waals surface area contributed by atoms with E-state index in [4.69, 9.17) is 4.74 Å². The van der Waals surface area contributed by atoms with Gasteiger partial charge in [0.05, 0.1) is 5.69 Å². The average Bonchev–Trinajstić information content (AvgIpc) is 2.13. The molecule has 0 unspecified atom stereocenters. The van der Waals surface area contributed by atoms with Gasteiger partial charge in [0.2, 0.25) is 0 Å². The van der Waals surface area contributed by atoms with E-state index in [9.17, 15) is 9.18 Å². The van der Waals surface area contributed by atoms with Gasteiger partial charge in [-0.05, 0) is 51.5 Å². The standard InChI is InChI=1S/C14H18FNO2/c1-9(2)11-7-6-10(15)8-12(11)16-13(17)18-14(3,4)5/h6-8H,1H2,2-5H3,(H,16,17). The van der Waals surface area contributed by atoms with Gasteiger partial charge >= 0.3 is 6.09 Å². The molecular formula is C14H18FNO2. The summed E-state index contributed by atoms with van der Waals surface area (Å²) in [5.41, 5.74) is 1.18. The van der Waals surface area contributed by atoms with Gasteiger partial charge in [0.1, 0.15) is 11.4 Å². The van der Waals surface area contributed by atoms with Crippen LogP contribution in [-0.4, -0.2) is 11.7 Å². The van der Waals surface area contributed by atoms with Crippen molar-refractivity contribution in [1.29, 1.82) is 0 Å². The Hall–Kier alpha value is -1.84. The van der Waals surface area contributed by atoms with Gasteiger partial charge in [0.15, 0.2) is 0 Å². The van der Waals surface area contributed by atoms with E-state index < -0.39 is 17.5 Å². The molecule has 3 nitrogen and oxygen atoms in total. The van der Waals surface area contributed by atoms with Gasteiger partial charge in [-0.15, -0.1) is 0 Å². The minimum atomic E-state index is -0.615. The van der Waals surface area contributed by atoms with Crippen LogP contribution in [0, 0.1) is 5.82 Å². The molecule has 0 aromatic heterocycles. The second kappa shape index (κ2) is 5.21. The number of anilines is 1. The SMILES string of the molecule is C=C(C)c1ccc(F)cc1NC(=O)OC(C)(C)C. The van der Waals surface area contributed by atoms with Gasteiger partial charge in [-0.3, -0.25) is 5.32 Å². The molecule has 98 valence electrons. The first kappa shape index (κ1) is 14.2. The highest BCUT2D eigenvalue weighted by Gasteiger charge is 2.17. The summed E-state index contributed by atoms with van der Waals surface area (Å²) >= 11 is 0. The summed E-state index contributed by atoms with van der Waals surface area (Å²) in [7, 11) is 0. The van der Waals surface area contributed by atoms with E-state index in [-0.39, 0.29) is 0 Å². The Morgan fingerprint density at radius 3 is 2.50 bits per heavy atom. The number of carbonyl (C=O) groups is 1. The number of carbonyl (C=O) groups excluding carboxylic acids is 1. The Balaban J connectivity index is 2.93. The molecule has 0 aliphatic rings. The molecule has 0 saturated heterocycles. The monoisotopic (exact) mass is 251 g/mol. The van der Waals surface area contributed by atoms with E-state index in [1.165, 1.54) is 12.1 Å². The van der Waals surface area contributed by atoms with Crippen LogP contribution < -0.4 is 5.32 Å². The van der Waals surface area contributed by atoms with Crippen LogP contribution >= 0.6 is 0 Å². The number of ether oxygens (including phenoxy) is 1. The maximum Gasteiger partial charge on any atom is 0.412 e. The zero-order valence-electron chi connectivity index (χ0n) is 11.1. The van der Waals surface area contributed by atoms with Crippen molar-refractivity contribution in [3.63, 3.8) is 0 Å². The molecule has 4 heteroatoms. The van der Waals surface area contributed by atoms with Crippen LogP contribution in [0.1, 0.15) is 33.3 Å². The van der Waals surface area contributed by atoms with Crippen molar-refractivity contribution < 1.29 is 13.9 Å². The smallest absolute Gasteiger partial charge is 0.412 e. The quantitative estimate of drug-likeness (QED) is 0.855. The summed E-state index contributed by atoms with van der Waals surface area (Å²) in [5, 5.41) is 2.53. The van der Waals surface area contributed by atoms with E-state index >= 15 is 0 Å². The first-order valence-corrected chi connectivity index (χ1v) is 5.64. The van der Waals surface area contributed by atoms with E-state index in [0.29, 0.717) is 11.3 Å². The Kier molecular flexibility index (Phi) is 4.11. The summed E-state index contributed by atoms with van der Waals surface area (Å²) in [6.07, 6.45) is -0.615. The molecule has 0 radical (unpaired) electrons. The highest BCUT2D eigenvalue weighted by molar-refractivity contribution is 5.89. The van der Waals surface area contributed by atoms with Crippen LogP contribution in [0.4, 0.5) is 14.9 Å². The lowest BCUT2D eigenvalue weighted by Gasteiger charge is -2.20. The first-order chi connectivity index (χ1) is 8.19. The third-order valence-electron chi connectivity index (χ3n) is 2.08. The zero-order valence-corrected chi connectivity index (χ0v) is 11.1. The molecule has 0 spiro atoms. The van der Waals surface area contributed by atoms with Crippen LogP contribution in [0.25, 0.3) is 5.57 Å². The maximum atomic E-state index is 13.2. The van der Waals surface area contributed by atoms with Gasteiger partial charge in [0, 0.05) is 5.56 Å². The predicted octanol–water partition coefficient (Wildman–Crippen LogP) is 4.21. The van der Waals surface area contributed by atoms with Gasteiger partial charge in [-0.2, -0.15) is 0 Å². The van der Waals surface area contributed by atoms with Crippen LogP contribution in [0.3, 0.4) is 0 Å². The van der Waals surface area contributed by atoms with Crippen molar-refractivity contribution in [1.82, 2.24) is 0 Å². The van der Waals surface area contributed by atoms with E-state index in [2.05, 4.69) is 11.9 Å². The van der Waals surface area contributed by atoms with Crippen LogP contribution in [0.5, 0.6) is 0 Å². The summed E-state index contributed by atoms with van der Waals surface area (Å²) in [6.45, 7) is 10.9. The van der Waals surface area contributed by atoms with Crippen LogP contribution in [0.15, 0.2) is 24.8 Å². The van der Waals surface area contributed by atoms with E-state index in [1.54, 1.807) is 33.8 Å². The second-order valence-electron chi connectivity index (χ2n) is 5.10. The number of hydrogen-bond acceptors (Lipinski definition) is 2. The van der Waals surface area contributed by atoms with Crippen molar-refractivity contribution in [2.24, 2.45) is 0 Å². The maximum absolute atomic E-state index is 13.2. The Labute approximate surface area is 107 Å². The molecule has 0 fully saturated rings. The van der Waals surface area contributed by atoms with Crippen molar-refractivity contribution in [2.75, 3.05) is 5.32 Å². The number of rotatable bonds is 2. The number of hydrogen-bond donors (Lipinski definition) is 1. The number of halogens is 1. The van der Waals surface area contributed by atoms with E-state index in [0.717, 1.165) is 5.57 Å². The summed E-state index contributed by atoms with van der Waals surface area (Å²) in [5.74, 6) is -0.425. The molecule has 0 heterocycles. The van der Waals surface area contributed by atoms with Crippen molar-refractivity contribution >= 4 is 17.4 Å². The third kappa shape index (κ3) is 4.20. The number of benzene rings is 1. The predicted molar refractivity (Wildman–Crippen MR) is 71.0 cm³/mol. The van der Waals surface area contributed by atoms with Gasteiger partial charge in [-0.1, -0.05) is 6.58 Å². The van der Waals surface area contributed by atoms with Gasteiger partial charge in [-0.25, -0.2) is 9.18 Å². The fourth-order valence-corrected chi connectivity index (χ4v) is 1.41. The lowest BCUT2D eigenvalue weighted by Crippen LogP contribution is -2.27. The summed E-state index contributed by atoms with van der Waals surface area (Å²) in [4.78, 5) is 11.6. The number of nitrogens with one attached hydrogen (secondary N) is 1. The van der Waals surface area contributed by atoms with Crippen molar-refractivity contribution in [3.8, 4) is 0 Å². The molecule has 1 aromatic rings. The molecule has 0 aliphatic heterocycles. The average molecular weight is 251 g/mol. The molecule has 1 rings (SSSR count). The molecule has 0 saturated carbocycles. The van der Waals surface area contributed by atoms with Crippen LogP contribution in [-0.2, 0) is 4.74 Å². The fraction of sp³-hybridized carbons (Fsp3) is 0.357. The molecule has 0 atom stereocenters. The Morgan fingerprint density at radius 1 is 1.39 bits per heavy atom. The number of allylic oxidation sites excluding steroid dienone is 1. The second-order valence-corrected chi connectivity index (χ2v) is 5.10. The fourth-order valence-electron chi connectivity index (χ4n) is 1.41. The lowest BCUT2D eigenvalue weighted by atomic mass is 10.1. The largest absolute Gasteiger partial charge is 0.444 e. The normalized spacial score (nSPS) is 10.9. The van der Waals surface area contributed by atoms with Gasteiger partial charge < -0.3 is 4.74 Å². The van der Waals surface area contributed by atoms with E-state index in [1.807, 2.05) is 0 Å². The zero-order chi connectivity index (χ0) is 13.9. The topological polar surface area (TPSA) is 38.3 Å². The minimum Gasteiger partial charge on any atom is -0.444 e. The summed E-state index contributed by atoms with van der Waals surface area (Å²) in [6, 6.07) is 4.14. The van der Waals surface area contributed by atoms with Crippen LogP contribution in [0.2, 0.25) is 0 Å². The highest BCUT2D eigenvalue weighted by atomic mass is 19.1. The number of amides is 1. The van der Waals surface area contributed by atoms with Crippen molar-refractivity contribution in [2.45, 2.75) is 33.3 Å². The molecule has 0 bridgehead atoms. The first-order valence-electron chi connectivity index (χ1n) is 5.64. The molecule has 1 N–H and O–H groups in total. The lowest BCUT2D eigenvalue weighted by molar-refractivity contribution is 0.0636. The molecular weight excluding hydrogens is 233 g/mol. The molecule has 1 amide bonds. The Bertz CT molecular complexity index is 475. The highest BCUT2D eigenvalue weighted by Crippen LogP contribution is 2.24. The summed E-state index contributed by atoms with van der Waals surface area (Å²) < 4.78 is 18.3. The van der Waals surface area contributed by atoms with Gasteiger partial charge in [0.25, 0.3) is 0 Å². The minimum absolute atomic E-state index is 0.358. The van der Waals surface area contributed by atoms with Crippen molar-refractivity contribution in [3.05, 3.63) is 36.2 Å². The molecule has 18 heavy (non-hydrogen) atoms.